The smallest absolute Gasteiger partial charge is 0.220 e. The van der Waals surface area contributed by atoms with Crippen molar-refractivity contribution in [2.24, 2.45) is 0 Å². The van der Waals surface area contributed by atoms with Crippen molar-refractivity contribution in [2.45, 2.75) is 44.1 Å². The van der Waals surface area contributed by atoms with E-state index in [0.29, 0.717) is 12.3 Å². The van der Waals surface area contributed by atoms with Gasteiger partial charge in [-0.25, -0.2) is 0 Å². The first kappa shape index (κ1) is 18.4. The molecule has 1 aliphatic rings. The van der Waals surface area contributed by atoms with Gasteiger partial charge in [0.2, 0.25) is 5.91 Å². The summed E-state index contributed by atoms with van der Waals surface area (Å²) >= 11 is 0. The monoisotopic (exact) mass is 370 g/mol. The lowest BCUT2D eigenvalue weighted by molar-refractivity contribution is -0.121. The van der Waals surface area contributed by atoms with E-state index in [9.17, 15) is 4.79 Å². The molecule has 0 fully saturated rings. The molecule has 2 atom stereocenters. The lowest BCUT2D eigenvalue weighted by Gasteiger charge is -2.26. The molecule has 2 aromatic carbocycles. The third kappa shape index (κ3) is 4.30. The zero-order valence-electron chi connectivity index (χ0n) is 16.1. The molecule has 1 amide bonds. The summed E-state index contributed by atoms with van der Waals surface area (Å²) in [5.41, 5.74) is 4.97. The van der Waals surface area contributed by atoms with Gasteiger partial charge in [0, 0.05) is 18.8 Å². The van der Waals surface area contributed by atoms with E-state index < -0.39 is 0 Å². The van der Waals surface area contributed by atoms with Crippen LogP contribution >= 0.6 is 0 Å². The molecular weight excluding hydrogens is 344 g/mol. The second-order valence-corrected chi connectivity index (χ2v) is 7.52. The third-order valence-corrected chi connectivity index (χ3v) is 5.67. The van der Waals surface area contributed by atoms with E-state index in [2.05, 4.69) is 46.7 Å². The van der Waals surface area contributed by atoms with Crippen molar-refractivity contribution >= 4 is 5.91 Å². The highest BCUT2D eigenvalue weighted by molar-refractivity contribution is 5.77. The molecule has 28 heavy (non-hydrogen) atoms. The first-order valence-electron chi connectivity index (χ1n) is 10.1. The fraction of sp³-hybridized carbons (Fsp3) is 0.280. The SMILES string of the molecule is O=C(CCC1CCCc2ccccc21)NC(c1ccccc1)c1cccnc1. The highest BCUT2D eigenvalue weighted by atomic mass is 16.1. The number of pyridine rings is 1. The Kier molecular flexibility index (Phi) is 5.81. The van der Waals surface area contributed by atoms with Crippen LogP contribution in [-0.4, -0.2) is 10.9 Å². The van der Waals surface area contributed by atoms with Crippen molar-refractivity contribution in [1.82, 2.24) is 10.3 Å². The van der Waals surface area contributed by atoms with Gasteiger partial charge in [-0.3, -0.25) is 9.78 Å². The van der Waals surface area contributed by atoms with E-state index in [-0.39, 0.29) is 11.9 Å². The molecule has 2 unspecified atom stereocenters. The van der Waals surface area contributed by atoms with Crippen LogP contribution in [0.4, 0.5) is 0 Å². The maximum atomic E-state index is 12.8. The summed E-state index contributed by atoms with van der Waals surface area (Å²) in [4.78, 5) is 17.1. The van der Waals surface area contributed by atoms with Crippen LogP contribution in [0.2, 0.25) is 0 Å². The molecule has 1 aliphatic carbocycles. The Morgan fingerprint density at radius 1 is 1.00 bits per heavy atom. The highest BCUT2D eigenvalue weighted by Crippen LogP contribution is 2.34. The van der Waals surface area contributed by atoms with E-state index >= 15 is 0 Å². The summed E-state index contributed by atoms with van der Waals surface area (Å²) in [5, 5.41) is 3.23. The summed E-state index contributed by atoms with van der Waals surface area (Å²) in [6, 6.07) is 22.6. The molecular formula is C25H26N2O. The van der Waals surface area contributed by atoms with Crippen LogP contribution in [0.3, 0.4) is 0 Å². The third-order valence-electron chi connectivity index (χ3n) is 5.67. The van der Waals surface area contributed by atoms with Crippen molar-refractivity contribution < 1.29 is 4.79 Å². The van der Waals surface area contributed by atoms with Gasteiger partial charge in [0.05, 0.1) is 6.04 Å². The van der Waals surface area contributed by atoms with Crippen molar-refractivity contribution in [1.29, 1.82) is 0 Å². The predicted octanol–water partition coefficient (Wildman–Crippen LogP) is 5.19. The van der Waals surface area contributed by atoms with Crippen molar-refractivity contribution in [3.8, 4) is 0 Å². The normalized spacial score (nSPS) is 16.8. The first-order valence-corrected chi connectivity index (χ1v) is 10.1. The van der Waals surface area contributed by atoms with E-state index in [0.717, 1.165) is 24.0 Å². The molecule has 4 rings (SSSR count). The Morgan fingerprint density at radius 3 is 2.61 bits per heavy atom. The van der Waals surface area contributed by atoms with E-state index in [1.165, 1.54) is 24.0 Å². The fourth-order valence-corrected chi connectivity index (χ4v) is 4.24. The second-order valence-electron chi connectivity index (χ2n) is 7.52. The van der Waals surface area contributed by atoms with Gasteiger partial charge in [0.25, 0.3) is 0 Å². The molecule has 3 heteroatoms. The average Bonchev–Trinajstić information content (AvgIpc) is 2.77. The minimum Gasteiger partial charge on any atom is -0.345 e. The maximum absolute atomic E-state index is 12.8. The molecule has 0 aliphatic heterocycles. The number of benzene rings is 2. The Morgan fingerprint density at radius 2 is 1.79 bits per heavy atom. The van der Waals surface area contributed by atoms with Gasteiger partial charge in [-0.05, 0) is 59.9 Å². The molecule has 0 spiro atoms. The van der Waals surface area contributed by atoms with Crippen LogP contribution in [0.1, 0.15) is 59.9 Å². The number of fused-ring (bicyclic) bond motifs is 1. The molecule has 0 saturated carbocycles. The number of hydrogen-bond acceptors (Lipinski definition) is 2. The number of carbonyl (C=O) groups excluding carboxylic acids is 1. The van der Waals surface area contributed by atoms with Crippen molar-refractivity contribution in [3.05, 3.63) is 101 Å². The van der Waals surface area contributed by atoms with Gasteiger partial charge < -0.3 is 5.32 Å². The molecule has 1 N–H and O–H groups in total. The minimum absolute atomic E-state index is 0.0979. The average molecular weight is 370 g/mol. The van der Waals surface area contributed by atoms with Crippen molar-refractivity contribution in [2.75, 3.05) is 0 Å². The van der Waals surface area contributed by atoms with Gasteiger partial charge >= 0.3 is 0 Å². The van der Waals surface area contributed by atoms with Crippen LogP contribution in [0, 0.1) is 0 Å². The Bertz CT molecular complexity index is 869. The summed E-state index contributed by atoms with van der Waals surface area (Å²) in [5.74, 6) is 0.588. The number of nitrogens with one attached hydrogen (secondary N) is 1. The van der Waals surface area contributed by atoms with Crippen LogP contribution in [0.25, 0.3) is 0 Å². The number of aryl methyl sites for hydroxylation is 1. The summed E-state index contributed by atoms with van der Waals surface area (Å²) < 4.78 is 0. The predicted molar refractivity (Wildman–Crippen MR) is 112 cm³/mol. The Hall–Kier alpha value is -2.94. The standard InChI is InChI=1S/C25H26N2O/c28-24(16-15-20-12-6-11-19-8-4-5-14-23(19)20)27-25(21-9-2-1-3-10-21)22-13-7-17-26-18-22/h1-5,7-10,13-14,17-18,20,25H,6,11-12,15-16H2,(H,27,28). The molecule has 1 heterocycles. The highest BCUT2D eigenvalue weighted by Gasteiger charge is 2.22. The lowest BCUT2D eigenvalue weighted by Crippen LogP contribution is -2.29. The quantitative estimate of drug-likeness (QED) is 0.649. The molecule has 1 aromatic heterocycles. The van der Waals surface area contributed by atoms with Gasteiger partial charge in [-0.1, -0.05) is 60.7 Å². The lowest BCUT2D eigenvalue weighted by atomic mass is 9.80. The van der Waals surface area contributed by atoms with Crippen LogP contribution in [-0.2, 0) is 11.2 Å². The second kappa shape index (κ2) is 8.83. The minimum atomic E-state index is -0.166. The van der Waals surface area contributed by atoms with E-state index in [1.54, 1.807) is 6.20 Å². The number of hydrogen-bond donors (Lipinski definition) is 1. The van der Waals surface area contributed by atoms with Crippen LogP contribution in [0.5, 0.6) is 0 Å². The molecule has 3 aromatic rings. The number of rotatable bonds is 6. The number of nitrogens with zero attached hydrogens (tertiary/aromatic N) is 1. The number of amides is 1. The largest absolute Gasteiger partial charge is 0.345 e. The molecule has 3 nitrogen and oxygen atoms in total. The van der Waals surface area contributed by atoms with Gasteiger partial charge in [-0.2, -0.15) is 0 Å². The Balaban J connectivity index is 1.44. The van der Waals surface area contributed by atoms with Crippen molar-refractivity contribution in [3.63, 3.8) is 0 Å². The summed E-state index contributed by atoms with van der Waals surface area (Å²) in [6.07, 6.45) is 8.58. The van der Waals surface area contributed by atoms with Gasteiger partial charge in [0.1, 0.15) is 0 Å². The zero-order valence-corrected chi connectivity index (χ0v) is 16.1. The van der Waals surface area contributed by atoms with Gasteiger partial charge in [0.15, 0.2) is 0 Å². The first-order chi connectivity index (χ1) is 13.8. The molecule has 142 valence electrons. The summed E-state index contributed by atoms with van der Waals surface area (Å²) in [7, 11) is 0. The maximum Gasteiger partial charge on any atom is 0.220 e. The number of aromatic nitrogens is 1. The van der Waals surface area contributed by atoms with Crippen LogP contribution in [0.15, 0.2) is 79.1 Å². The molecule has 0 radical (unpaired) electrons. The van der Waals surface area contributed by atoms with Gasteiger partial charge in [-0.15, -0.1) is 0 Å². The topological polar surface area (TPSA) is 42.0 Å². The van der Waals surface area contributed by atoms with E-state index in [4.69, 9.17) is 0 Å². The van der Waals surface area contributed by atoms with Crippen LogP contribution < -0.4 is 5.32 Å². The zero-order chi connectivity index (χ0) is 19.2. The van der Waals surface area contributed by atoms with E-state index in [1.807, 2.05) is 36.5 Å². The Labute approximate surface area is 166 Å². The summed E-state index contributed by atoms with van der Waals surface area (Å²) in [6.45, 7) is 0. The fourth-order valence-electron chi connectivity index (χ4n) is 4.24. The molecule has 0 saturated heterocycles. The molecule has 0 bridgehead atoms. The number of carbonyl (C=O) groups is 1.